The Labute approximate surface area is 124 Å². The van der Waals surface area contributed by atoms with Gasteiger partial charge in [-0.3, -0.25) is 0 Å². The minimum atomic E-state index is -3.27. The maximum atomic E-state index is 12.3. The lowest BCUT2D eigenvalue weighted by molar-refractivity contribution is 0.190. The van der Waals surface area contributed by atoms with Crippen molar-refractivity contribution in [1.82, 2.24) is 4.72 Å². The molecule has 0 spiro atoms. The molecule has 0 heterocycles. The van der Waals surface area contributed by atoms with Crippen molar-refractivity contribution in [2.75, 3.05) is 12.3 Å². The smallest absolute Gasteiger partial charge is 0.212 e. The second kappa shape index (κ2) is 6.74. The first kappa shape index (κ1) is 19.2. The Hall–Kier alpha value is 0.160. The van der Waals surface area contributed by atoms with Crippen LogP contribution in [0.25, 0.3) is 0 Å². The first-order valence-corrected chi connectivity index (χ1v) is 8.47. The molecular formula is C13H29ClN2O2S. The van der Waals surface area contributed by atoms with Gasteiger partial charge in [-0.1, -0.05) is 40.5 Å². The summed E-state index contributed by atoms with van der Waals surface area (Å²) in [6.07, 6.45) is 4.13. The SMILES string of the molecule is CC1CCCCC1(CN)NS(=O)(=O)CC(C)(C)C.Cl. The Balaban J connectivity index is 0.00000324. The summed E-state index contributed by atoms with van der Waals surface area (Å²) in [5, 5.41) is 0. The molecule has 1 aliphatic rings. The van der Waals surface area contributed by atoms with Crippen molar-refractivity contribution in [3.63, 3.8) is 0 Å². The van der Waals surface area contributed by atoms with Crippen molar-refractivity contribution in [2.24, 2.45) is 17.1 Å². The molecule has 0 aromatic rings. The van der Waals surface area contributed by atoms with E-state index in [1.807, 2.05) is 20.8 Å². The highest BCUT2D eigenvalue weighted by atomic mass is 35.5. The van der Waals surface area contributed by atoms with E-state index in [0.29, 0.717) is 12.5 Å². The molecule has 2 unspecified atom stereocenters. The van der Waals surface area contributed by atoms with Crippen LogP contribution >= 0.6 is 12.4 Å². The lowest BCUT2D eigenvalue weighted by Gasteiger charge is -2.42. The monoisotopic (exact) mass is 312 g/mol. The van der Waals surface area contributed by atoms with E-state index >= 15 is 0 Å². The lowest BCUT2D eigenvalue weighted by Crippen LogP contribution is -2.59. The summed E-state index contributed by atoms with van der Waals surface area (Å²) in [4.78, 5) is 0. The number of rotatable bonds is 4. The van der Waals surface area contributed by atoms with Gasteiger partial charge in [-0.05, 0) is 24.2 Å². The zero-order chi connectivity index (χ0) is 14.0. The van der Waals surface area contributed by atoms with E-state index in [1.165, 1.54) is 6.42 Å². The molecule has 116 valence electrons. The second-order valence-electron chi connectivity index (χ2n) is 6.93. The van der Waals surface area contributed by atoms with Gasteiger partial charge in [0.15, 0.2) is 0 Å². The van der Waals surface area contributed by atoms with Gasteiger partial charge in [0.2, 0.25) is 10.0 Å². The fourth-order valence-corrected chi connectivity index (χ4v) is 5.04. The van der Waals surface area contributed by atoms with Crippen molar-refractivity contribution in [1.29, 1.82) is 0 Å². The van der Waals surface area contributed by atoms with Gasteiger partial charge in [-0.2, -0.15) is 0 Å². The highest BCUT2D eigenvalue weighted by Gasteiger charge is 2.40. The quantitative estimate of drug-likeness (QED) is 0.836. The molecule has 1 saturated carbocycles. The second-order valence-corrected chi connectivity index (χ2v) is 8.65. The number of hydrogen-bond donors (Lipinski definition) is 2. The molecule has 4 nitrogen and oxygen atoms in total. The first-order chi connectivity index (χ1) is 8.10. The topological polar surface area (TPSA) is 72.2 Å². The standard InChI is InChI=1S/C13H28N2O2S.ClH/c1-11-7-5-6-8-13(11,9-14)15-18(16,17)10-12(2,3)4;/h11,15H,5-10,14H2,1-4H3;1H. The first-order valence-electron chi connectivity index (χ1n) is 6.82. The van der Waals surface area contributed by atoms with Gasteiger partial charge in [0.25, 0.3) is 0 Å². The van der Waals surface area contributed by atoms with Gasteiger partial charge < -0.3 is 5.73 Å². The summed E-state index contributed by atoms with van der Waals surface area (Å²) in [6, 6.07) is 0. The largest absolute Gasteiger partial charge is 0.329 e. The fourth-order valence-electron chi connectivity index (χ4n) is 2.83. The van der Waals surface area contributed by atoms with Crippen molar-refractivity contribution >= 4 is 22.4 Å². The molecule has 1 rings (SSSR count). The van der Waals surface area contributed by atoms with Gasteiger partial charge in [-0.15, -0.1) is 12.4 Å². The summed E-state index contributed by atoms with van der Waals surface area (Å²) < 4.78 is 27.4. The number of hydrogen-bond acceptors (Lipinski definition) is 3. The zero-order valence-corrected chi connectivity index (χ0v) is 14.2. The summed E-state index contributed by atoms with van der Waals surface area (Å²) in [6.45, 7) is 8.30. The van der Waals surface area contributed by atoms with E-state index in [4.69, 9.17) is 5.73 Å². The highest BCUT2D eigenvalue weighted by molar-refractivity contribution is 7.89. The van der Waals surface area contributed by atoms with Gasteiger partial charge in [0.05, 0.1) is 5.75 Å². The third-order valence-electron chi connectivity index (χ3n) is 3.80. The molecule has 1 aliphatic carbocycles. The minimum absolute atomic E-state index is 0. The molecule has 19 heavy (non-hydrogen) atoms. The van der Waals surface area contributed by atoms with Crippen LogP contribution in [0.1, 0.15) is 53.4 Å². The molecule has 0 aromatic carbocycles. The molecule has 3 N–H and O–H groups in total. The van der Waals surface area contributed by atoms with E-state index < -0.39 is 15.6 Å². The van der Waals surface area contributed by atoms with Crippen LogP contribution in [0.5, 0.6) is 0 Å². The molecule has 6 heteroatoms. The normalized spacial score (nSPS) is 28.8. The van der Waals surface area contributed by atoms with Crippen LogP contribution in [-0.4, -0.2) is 26.3 Å². The number of nitrogens with two attached hydrogens (primary N) is 1. The molecule has 0 bridgehead atoms. The van der Waals surface area contributed by atoms with Gasteiger partial charge in [0.1, 0.15) is 0 Å². The summed E-state index contributed by atoms with van der Waals surface area (Å²) >= 11 is 0. The van der Waals surface area contributed by atoms with Crippen molar-refractivity contribution in [3.8, 4) is 0 Å². The van der Waals surface area contributed by atoms with Crippen LogP contribution in [-0.2, 0) is 10.0 Å². The maximum Gasteiger partial charge on any atom is 0.212 e. The summed E-state index contributed by atoms with van der Waals surface area (Å²) in [5.74, 6) is 0.458. The molecule has 2 atom stereocenters. The molecule has 1 fully saturated rings. The van der Waals surface area contributed by atoms with E-state index in [9.17, 15) is 8.42 Å². The molecule has 0 amide bonds. The van der Waals surface area contributed by atoms with E-state index in [1.54, 1.807) is 0 Å². The molecule has 0 radical (unpaired) electrons. The third-order valence-corrected chi connectivity index (χ3v) is 5.76. The maximum absolute atomic E-state index is 12.3. The van der Waals surface area contributed by atoms with E-state index in [2.05, 4.69) is 11.6 Å². The Kier molecular flexibility index (Phi) is 6.80. The van der Waals surface area contributed by atoms with Crippen LogP contribution in [0, 0.1) is 11.3 Å². The van der Waals surface area contributed by atoms with Crippen molar-refractivity contribution < 1.29 is 8.42 Å². The van der Waals surface area contributed by atoms with Crippen LogP contribution < -0.4 is 10.5 Å². The van der Waals surface area contributed by atoms with Crippen LogP contribution in [0.4, 0.5) is 0 Å². The fraction of sp³-hybridized carbons (Fsp3) is 1.00. The van der Waals surface area contributed by atoms with Crippen LogP contribution in [0.2, 0.25) is 0 Å². The average Bonchev–Trinajstić information content (AvgIpc) is 2.17. The predicted molar refractivity (Wildman–Crippen MR) is 83.0 cm³/mol. The molecule has 0 aromatic heterocycles. The third kappa shape index (κ3) is 5.58. The molecule has 0 aliphatic heterocycles. The number of nitrogens with one attached hydrogen (secondary N) is 1. The van der Waals surface area contributed by atoms with E-state index in [0.717, 1.165) is 19.3 Å². The molecule has 0 saturated heterocycles. The minimum Gasteiger partial charge on any atom is -0.329 e. The lowest BCUT2D eigenvalue weighted by atomic mass is 9.74. The number of sulfonamides is 1. The Morgan fingerprint density at radius 1 is 1.32 bits per heavy atom. The van der Waals surface area contributed by atoms with E-state index in [-0.39, 0.29) is 23.6 Å². The van der Waals surface area contributed by atoms with Gasteiger partial charge in [0, 0.05) is 12.1 Å². The Morgan fingerprint density at radius 3 is 2.32 bits per heavy atom. The molecular weight excluding hydrogens is 284 g/mol. The van der Waals surface area contributed by atoms with Crippen LogP contribution in [0.15, 0.2) is 0 Å². The van der Waals surface area contributed by atoms with Gasteiger partial charge in [-0.25, -0.2) is 13.1 Å². The Morgan fingerprint density at radius 2 is 1.89 bits per heavy atom. The van der Waals surface area contributed by atoms with Crippen molar-refractivity contribution in [3.05, 3.63) is 0 Å². The summed E-state index contributed by atoms with van der Waals surface area (Å²) in [5.41, 5.74) is 5.21. The van der Waals surface area contributed by atoms with Crippen LogP contribution in [0.3, 0.4) is 0 Å². The summed E-state index contributed by atoms with van der Waals surface area (Å²) in [7, 11) is -3.27. The predicted octanol–water partition coefficient (Wildman–Crippen LogP) is 2.28. The van der Waals surface area contributed by atoms with Gasteiger partial charge >= 0.3 is 0 Å². The zero-order valence-electron chi connectivity index (χ0n) is 12.5. The van der Waals surface area contributed by atoms with Crippen molar-refractivity contribution in [2.45, 2.75) is 58.9 Å². The Bertz CT molecular complexity index is 379. The number of halogens is 1. The average molecular weight is 313 g/mol. The highest BCUT2D eigenvalue weighted by Crippen LogP contribution is 2.34.